The van der Waals surface area contributed by atoms with E-state index in [0.717, 1.165) is 28.3 Å². The Labute approximate surface area is 166 Å². The molecule has 2 atom stereocenters. The van der Waals surface area contributed by atoms with Gasteiger partial charge in [0.05, 0.1) is 23.7 Å². The summed E-state index contributed by atoms with van der Waals surface area (Å²) in [5.41, 5.74) is 2.63. The predicted molar refractivity (Wildman–Crippen MR) is 108 cm³/mol. The number of Topliss-reactive ketones (excluding diaryl/α,β-unsaturated/α-hetero) is 1. The normalized spacial score (nSPS) is 20.0. The van der Waals surface area contributed by atoms with Crippen molar-refractivity contribution in [1.29, 1.82) is 0 Å². The van der Waals surface area contributed by atoms with Crippen LogP contribution in [0.4, 0.5) is 0 Å². The van der Waals surface area contributed by atoms with Crippen LogP contribution in [-0.4, -0.2) is 29.8 Å². The lowest BCUT2D eigenvalue weighted by Crippen LogP contribution is -2.45. The molecule has 0 spiro atoms. The molecule has 0 aliphatic carbocycles. The Bertz CT molecular complexity index is 1040. The largest absolute Gasteiger partial charge is 0.497 e. The van der Waals surface area contributed by atoms with Gasteiger partial charge in [0.25, 0.3) is 6.23 Å². The number of nitrogens with zero attached hydrogens (tertiary/aromatic N) is 2. The summed E-state index contributed by atoms with van der Waals surface area (Å²) >= 11 is 1.66. The summed E-state index contributed by atoms with van der Waals surface area (Å²) in [6, 6.07) is 19.1. The van der Waals surface area contributed by atoms with Crippen molar-refractivity contribution in [3.8, 4) is 11.5 Å². The molecule has 3 heterocycles. The molecule has 6 heteroatoms. The molecule has 0 amide bonds. The van der Waals surface area contributed by atoms with E-state index in [9.17, 15) is 4.79 Å². The van der Waals surface area contributed by atoms with Crippen LogP contribution >= 0.6 is 11.3 Å². The highest BCUT2D eigenvalue weighted by atomic mass is 32.1. The number of hydrazone groups is 1. The Hall–Kier alpha value is -3.12. The Balaban J connectivity index is 1.54. The minimum atomic E-state index is -0.786. The van der Waals surface area contributed by atoms with Gasteiger partial charge in [-0.15, -0.1) is 11.3 Å². The van der Waals surface area contributed by atoms with Crippen LogP contribution in [0.3, 0.4) is 0 Å². The molecule has 3 aromatic rings. The zero-order valence-electron chi connectivity index (χ0n) is 15.2. The number of methoxy groups -OCH3 is 1. The number of hydrogen-bond acceptors (Lipinski definition) is 6. The first kappa shape index (κ1) is 17.0. The fraction of sp³-hybridized carbons (Fsp3) is 0.182. The predicted octanol–water partition coefficient (Wildman–Crippen LogP) is 4.51. The number of carbonyl (C=O) groups excluding carboxylic acids is 1. The summed E-state index contributed by atoms with van der Waals surface area (Å²) in [5.74, 6) is 1.35. The van der Waals surface area contributed by atoms with Gasteiger partial charge in [0.2, 0.25) is 5.78 Å². The van der Waals surface area contributed by atoms with E-state index in [2.05, 4.69) is 6.07 Å². The van der Waals surface area contributed by atoms with Crippen LogP contribution in [0.2, 0.25) is 0 Å². The van der Waals surface area contributed by atoms with Gasteiger partial charge in [-0.3, -0.25) is 4.79 Å². The molecule has 5 rings (SSSR count). The fourth-order valence-corrected chi connectivity index (χ4v) is 4.42. The fourth-order valence-electron chi connectivity index (χ4n) is 3.70. The molecule has 0 fully saturated rings. The second-order valence-corrected chi connectivity index (χ2v) is 7.67. The molecule has 140 valence electrons. The van der Waals surface area contributed by atoms with Crippen LogP contribution in [0.1, 0.15) is 33.3 Å². The summed E-state index contributed by atoms with van der Waals surface area (Å²) in [4.78, 5) is 14.4. The molecular weight excluding hydrogens is 372 g/mol. The number of fused-ring (bicyclic) bond motifs is 3. The number of hydrogen-bond donors (Lipinski definition) is 0. The molecular formula is C22H18N2O3S. The summed E-state index contributed by atoms with van der Waals surface area (Å²) in [6.07, 6.45) is -0.0291. The van der Waals surface area contributed by atoms with Crippen LogP contribution in [0.25, 0.3) is 0 Å². The summed E-state index contributed by atoms with van der Waals surface area (Å²) in [5, 5.41) is 8.67. The summed E-state index contributed by atoms with van der Waals surface area (Å²) in [6.45, 7) is 0. The van der Waals surface area contributed by atoms with E-state index in [-0.39, 0.29) is 11.8 Å². The topological polar surface area (TPSA) is 51.1 Å². The molecule has 2 aromatic carbocycles. The van der Waals surface area contributed by atoms with E-state index in [0.29, 0.717) is 11.3 Å². The first-order valence-corrected chi connectivity index (χ1v) is 9.96. The number of rotatable bonds is 4. The first-order chi connectivity index (χ1) is 13.7. The van der Waals surface area contributed by atoms with Crippen molar-refractivity contribution >= 4 is 22.8 Å². The second kappa shape index (κ2) is 6.80. The Morgan fingerprint density at radius 2 is 1.96 bits per heavy atom. The average molecular weight is 390 g/mol. The van der Waals surface area contributed by atoms with Gasteiger partial charge in [-0.25, -0.2) is 5.01 Å². The summed E-state index contributed by atoms with van der Waals surface area (Å²) < 4.78 is 11.3. The van der Waals surface area contributed by atoms with Gasteiger partial charge in [0.1, 0.15) is 11.5 Å². The number of para-hydroxylation sites is 1. The van der Waals surface area contributed by atoms with Gasteiger partial charge in [0, 0.05) is 17.5 Å². The molecule has 0 N–H and O–H groups in total. The SMILES string of the molecule is COc1ccc(C(=O)[C@@H]2Oc3ccccc3[C@H]3CC(c4cccs4)=NN32)cc1. The second-order valence-electron chi connectivity index (χ2n) is 6.72. The molecule has 28 heavy (non-hydrogen) atoms. The number of benzene rings is 2. The summed E-state index contributed by atoms with van der Waals surface area (Å²) in [7, 11) is 1.60. The van der Waals surface area contributed by atoms with Crippen molar-refractivity contribution in [3.05, 3.63) is 82.0 Å². The highest BCUT2D eigenvalue weighted by Gasteiger charge is 2.43. The third-order valence-corrected chi connectivity index (χ3v) is 6.02. The standard InChI is InChI=1S/C22H18N2O3S/c1-26-15-10-8-14(9-11-15)21(25)22-24-18(16-5-2-3-6-19(16)27-22)13-17(23-24)20-7-4-12-28-20/h2-12,18,22H,13H2,1H3/t18-,22+/m1/s1. The quantitative estimate of drug-likeness (QED) is 0.615. The van der Waals surface area contributed by atoms with Gasteiger partial charge < -0.3 is 9.47 Å². The van der Waals surface area contributed by atoms with Crippen molar-refractivity contribution < 1.29 is 14.3 Å². The molecule has 2 aliphatic rings. The minimum absolute atomic E-state index is 0.00533. The smallest absolute Gasteiger partial charge is 0.251 e. The number of thiophene rings is 1. The van der Waals surface area contributed by atoms with Crippen LogP contribution in [-0.2, 0) is 0 Å². The molecule has 1 aromatic heterocycles. The average Bonchev–Trinajstić information content (AvgIpc) is 3.42. The van der Waals surface area contributed by atoms with Crippen molar-refractivity contribution in [3.63, 3.8) is 0 Å². The molecule has 0 radical (unpaired) electrons. The van der Waals surface area contributed by atoms with Gasteiger partial charge in [0.15, 0.2) is 0 Å². The number of ketones is 1. The molecule has 0 saturated heterocycles. The monoisotopic (exact) mass is 390 g/mol. The van der Waals surface area contributed by atoms with Gasteiger partial charge in [-0.1, -0.05) is 24.3 Å². The highest BCUT2D eigenvalue weighted by molar-refractivity contribution is 7.12. The van der Waals surface area contributed by atoms with Crippen molar-refractivity contribution in [1.82, 2.24) is 5.01 Å². The van der Waals surface area contributed by atoms with Gasteiger partial charge in [-0.2, -0.15) is 5.10 Å². The third kappa shape index (κ3) is 2.77. The molecule has 0 bridgehead atoms. The first-order valence-electron chi connectivity index (χ1n) is 9.08. The number of carbonyl (C=O) groups is 1. The zero-order valence-corrected chi connectivity index (χ0v) is 16.1. The van der Waals surface area contributed by atoms with Crippen LogP contribution in [0.15, 0.2) is 71.1 Å². The third-order valence-electron chi connectivity index (χ3n) is 5.10. The van der Waals surface area contributed by atoms with E-state index in [1.807, 2.05) is 40.7 Å². The van der Waals surface area contributed by atoms with Crippen molar-refractivity contribution in [2.75, 3.05) is 7.11 Å². The molecule has 5 nitrogen and oxygen atoms in total. The highest BCUT2D eigenvalue weighted by Crippen LogP contribution is 2.43. The lowest BCUT2D eigenvalue weighted by molar-refractivity contribution is -0.00455. The molecule has 0 unspecified atom stereocenters. The van der Waals surface area contributed by atoms with Crippen molar-refractivity contribution in [2.24, 2.45) is 5.10 Å². The van der Waals surface area contributed by atoms with E-state index in [1.165, 1.54) is 0 Å². The maximum Gasteiger partial charge on any atom is 0.251 e. The maximum atomic E-state index is 13.3. The van der Waals surface area contributed by atoms with Crippen molar-refractivity contribution in [2.45, 2.75) is 18.7 Å². The van der Waals surface area contributed by atoms with E-state index in [4.69, 9.17) is 14.6 Å². The zero-order chi connectivity index (χ0) is 19.1. The van der Waals surface area contributed by atoms with Crippen LogP contribution < -0.4 is 9.47 Å². The minimum Gasteiger partial charge on any atom is -0.497 e. The Kier molecular flexibility index (Phi) is 4.13. The van der Waals surface area contributed by atoms with Gasteiger partial charge >= 0.3 is 0 Å². The molecule has 2 aliphatic heterocycles. The molecule has 0 saturated carbocycles. The van der Waals surface area contributed by atoms with Gasteiger partial charge in [-0.05, 0) is 41.8 Å². The lowest BCUT2D eigenvalue weighted by atomic mass is 9.97. The van der Waals surface area contributed by atoms with E-state index in [1.54, 1.807) is 42.7 Å². The Morgan fingerprint density at radius 1 is 1.14 bits per heavy atom. The number of ether oxygens (including phenoxy) is 2. The maximum absolute atomic E-state index is 13.3. The lowest BCUT2D eigenvalue weighted by Gasteiger charge is -2.37. The Morgan fingerprint density at radius 3 is 2.71 bits per heavy atom. The van der Waals surface area contributed by atoms with E-state index < -0.39 is 6.23 Å². The van der Waals surface area contributed by atoms with Crippen LogP contribution in [0.5, 0.6) is 11.5 Å². The van der Waals surface area contributed by atoms with E-state index >= 15 is 0 Å². The van der Waals surface area contributed by atoms with Crippen LogP contribution in [0, 0.1) is 0 Å².